The van der Waals surface area contributed by atoms with Crippen molar-refractivity contribution in [2.24, 2.45) is 22.4 Å². The third-order valence-corrected chi connectivity index (χ3v) is 5.51. The van der Waals surface area contributed by atoms with Crippen molar-refractivity contribution in [2.45, 2.75) is 53.0 Å². The Labute approximate surface area is 165 Å². The van der Waals surface area contributed by atoms with Gasteiger partial charge in [-0.1, -0.05) is 38.5 Å². The predicted octanol–water partition coefficient (Wildman–Crippen LogP) is 2.43. The summed E-state index contributed by atoms with van der Waals surface area (Å²) in [5.41, 5.74) is 3.88. The Hall–Kier alpha value is -2.70. The summed E-state index contributed by atoms with van der Waals surface area (Å²) in [6.07, 6.45) is 2.22. The van der Waals surface area contributed by atoms with Crippen molar-refractivity contribution in [1.82, 2.24) is 10.7 Å². The maximum atomic E-state index is 12.7. The molecule has 3 amide bonds. The van der Waals surface area contributed by atoms with Crippen LogP contribution in [0.2, 0.25) is 0 Å². The number of carbonyl (C=O) groups excluding carboxylic acids is 3. The van der Waals surface area contributed by atoms with Crippen LogP contribution >= 0.6 is 0 Å². The van der Waals surface area contributed by atoms with E-state index in [1.54, 1.807) is 0 Å². The first-order chi connectivity index (χ1) is 13.3. The number of fused-ring (bicyclic) bond motifs is 1. The molecule has 3 atom stereocenters. The van der Waals surface area contributed by atoms with Crippen LogP contribution in [0.4, 0.5) is 5.69 Å². The average molecular weight is 384 g/mol. The number of unbranched alkanes of at least 4 members (excludes halogenated alkanes) is 1. The molecule has 2 aliphatic rings. The summed E-state index contributed by atoms with van der Waals surface area (Å²) in [5.74, 6) is -1.36. The first kappa shape index (κ1) is 20.0. The minimum atomic E-state index is -0.689. The number of anilines is 1. The molecule has 0 radical (unpaired) electrons. The lowest BCUT2D eigenvalue weighted by Gasteiger charge is -2.22. The molecule has 0 bridgehead atoms. The van der Waals surface area contributed by atoms with Gasteiger partial charge in [-0.3, -0.25) is 14.4 Å². The predicted molar refractivity (Wildman–Crippen MR) is 108 cm³/mol. The van der Waals surface area contributed by atoms with E-state index in [1.165, 1.54) is 0 Å². The van der Waals surface area contributed by atoms with Crippen molar-refractivity contribution in [2.75, 3.05) is 5.32 Å². The quantitative estimate of drug-likeness (QED) is 0.673. The van der Waals surface area contributed by atoms with Crippen molar-refractivity contribution in [1.29, 1.82) is 0 Å². The molecular weight excluding hydrogens is 356 g/mol. The largest absolute Gasteiger partial charge is 0.354 e. The van der Waals surface area contributed by atoms with Crippen molar-refractivity contribution in [3.8, 4) is 0 Å². The Bertz CT molecular complexity index is 833. The van der Waals surface area contributed by atoms with Crippen LogP contribution in [0.15, 0.2) is 29.4 Å². The Morgan fingerprint density at radius 2 is 2.00 bits per heavy atom. The van der Waals surface area contributed by atoms with Crippen LogP contribution in [0.3, 0.4) is 0 Å². The van der Waals surface area contributed by atoms with E-state index in [0.29, 0.717) is 17.8 Å². The standard InChI is InChI=1S/C21H28N4O3/c1-5-6-11-15(26)23-14-10-8-7-9-13(14)18-21(4)16(19(27)22-12(2)3)17(21)20(28)25-24-18/h7-10,12,16-17H,5-6,11H2,1-4H3,(H,22,27)(H,23,26)(H,25,28)/t16-,17+,21+/m0/s1. The summed E-state index contributed by atoms with van der Waals surface area (Å²) < 4.78 is 0. The van der Waals surface area contributed by atoms with Crippen LogP contribution in [0.25, 0.3) is 0 Å². The zero-order valence-corrected chi connectivity index (χ0v) is 16.8. The van der Waals surface area contributed by atoms with Gasteiger partial charge in [0.25, 0.3) is 0 Å². The first-order valence-corrected chi connectivity index (χ1v) is 9.88. The molecule has 1 saturated carbocycles. The van der Waals surface area contributed by atoms with Crippen molar-refractivity contribution in [3.05, 3.63) is 29.8 Å². The van der Waals surface area contributed by atoms with Crippen LogP contribution in [0.1, 0.15) is 52.5 Å². The second kappa shape index (κ2) is 7.73. The zero-order valence-electron chi connectivity index (χ0n) is 16.8. The van der Waals surface area contributed by atoms with Gasteiger partial charge in [0, 0.05) is 29.1 Å². The molecule has 0 unspecified atom stereocenters. The lowest BCUT2D eigenvalue weighted by molar-refractivity contribution is -0.127. The molecule has 1 heterocycles. The molecule has 0 saturated heterocycles. The second-order valence-corrected chi connectivity index (χ2v) is 8.04. The molecule has 3 N–H and O–H groups in total. The van der Waals surface area contributed by atoms with E-state index in [2.05, 4.69) is 21.2 Å². The van der Waals surface area contributed by atoms with Crippen molar-refractivity contribution in [3.63, 3.8) is 0 Å². The number of nitrogens with zero attached hydrogens (tertiary/aromatic N) is 1. The van der Waals surface area contributed by atoms with Gasteiger partial charge < -0.3 is 10.6 Å². The van der Waals surface area contributed by atoms with E-state index < -0.39 is 17.3 Å². The van der Waals surface area contributed by atoms with Crippen LogP contribution in [-0.4, -0.2) is 29.5 Å². The number of hydrazone groups is 1. The summed E-state index contributed by atoms with van der Waals surface area (Å²) >= 11 is 0. The van der Waals surface area contributed by atoms with E-state index >= 15 is 0 Å². The molecule has 150 valence electrons. The minimum absolute atomic E-state index is 0.00709. The molecule has 1 aliphatic heterocycles. The monoisotopic (exact) mass is 384 g/mol. The summed E-state index contributed by atoms with van der Waals surface area (Å²) in [5, 5.41) is 10.2. The molecule has 7 heteroatoms. The lowest BCUT2D eigenvalue weighted by atomic mass is 9.89. The average Bonchev–Trinajstić information content (AvgIpc) is 3.28. The number of benzene rings is 1. The van der Waals surface area contributed by atoms with Gasteiger partial charge in [0.15, 0.2) is 0 Å². The number of hydrogen-bond acceptors (Lipinski definition) is 4. The number of carbonyl (C=O) groups is 3. The normalized spacial score (nSPS) is 25.5. The van der Waals surface area contributed by atoms with E-state index in [0.717, 1.165) is 18.4 Å². The minimum Gasteiger partial charge on any atom is -0.354 e. The summed E-state index contributed by atoms with van der Waals surface area (Å²) in [7, 11) is 0. The fraction of sp³-hybridized carbons (Fsp3) is 0.524. The van der Waals surface area contributed by atoms with Crippen molar-refractivity contribution < 1.29 is 14.4 Å². The Morgan fingerprint density at radius 3 is 2.68 bits per heavy atom. The number of amides is 3. The van der Waals surface area contributed by atoms with E-state index in [9.17, 15) is 14.4 Å². The lowest BCUT2D eigenvalue weighted by Crippen LogP contribution is -2.35. The second-order valence-electron chi connectivity index (χ2n) is 8.04. The number of para-hydroxylation sites is 1. The van der Waals surface area contributed by atoms with Gasteiger partial charge in [0.2, 0.25) is 17.7 Å². The number of nitrogens with one attached hydrogen (secondary N) is 3. The Kier molecular flexibility index (Phi) is 5.54. The Balaban J connectivity index is 1.91. The summed E-state index contributed by atoms with van der Waals surface area (Å²) in [4.78, 5) is 37.2. The third-order valence-electron chi connectivity index (χ3n) is 5.51. The molecule has 0 aromatic heterocycles. The third kappa shape index (κ3) is 3.53. The SMILES string of the molecule is CCCCC(=O)Nc1ccccc1C1=NNC(=O)[C@H]2[C@@H](C(=O)NC(C)C)[C@@]12C. The van der Waals surface area contributed by atoms with Gasteiger partial charge in [0.05, 0.1) is 17.5 Å². The summed E-state index contributed by atoms with van der Waals surface area (Å²) in [6.45, 7) is 7.72. The van der Waals surface area contributed by atoms with Crippen LogP contribution < -0.4 is 16.1 Å². The van der Waals surface area contributed by atoms with Crippen LogP contribution in [0, 0.1) is 17.3 Å². The van der Waals surface area contributed by atoms with Crippen LogP contribution in [0.5, 0.6) is 0 Å². The molecule has 1 fully saturated rings. The zero-order chi connectivity index (χ0) is 20.5. The topological polar surface area (TPSA) is 99.7 Å². The van der Waals surface area contributed by atoms with E-state index in [4.69, 9.17) is 0 Å². The first-order valence-electron chi connectivity index (χ1n) is 9.88. The molecule has 7 nitrogen and oxygen atoms in total. The highest BCUT2D eigenvalue weighted by Crippen LogP contribution is 2.62. The molecule has 1 aromatic rings. The molecule has 1 aliphatic carbocycles. The van der Waals surface area contributed by atoms with Gasteiger partial charge in [0.1, 0.15) is 0 Å². The van der Waals surface area contributed by atoms with E-state index in [1.807, 2.05) is 52.0 Å². The number of rotatable bonds is 7. The fourth-order valence-corrected chi connectivity index (χ4v) is 4.03. The smallest absolute Gasteiger partial charge is 0.245 e. The molecule has 1 aromatic carbocycles. The maximum absolute atomic E-state index is 12.7. The maximum Gasteiger partial charge on any atom is 0.245 e. The molecule has 0 spiro atoms. The highest BCUT2D eigenvalue weighted by Gasteiger charge is 2.72. The summed E-state index contributed by atoms with van der Waals surface area (Å²) in [6, 6.07) is 7.38. The fourth-order valence-electron chi connectivity index (χ4n) is 4.03. The van der Waals surface area contributed by atoms with Gasteiger partial charge in [-0.05, 0) is 26.3 Å². The van der Waals surface area contributed by atoms with Gasteiger partial charge in [-0.25, -0.2) is 5.43 Å². The van der Waals surface area contributed by atoms with E-state index in [-0.39, 0.29) is 23.8 Å². The van der Waals surface area contributed by atoms with Crippen LogP contribution in [-0.2, 0) is 14.4 Å². The van der Waals surface area contributed by atoms with Gasteiger partial charge in [-0.15, -0.1) is 0 Å². The number of hydrogen-bond donors (Lipinski definition) is 3. The molecule has 3 rings (SSSR count). The Morgan fingerprint density at radius 1 is 1.29 bits per heavy atom. The van der Waals surface area contributed by atoms with Crippen molar-refractivity contribution >= 4 is 29.1 Å². The highest BCUT2D eigenvalue weighted by atomic mass is 16.2. The highest BCUT2D eigenvalue weighted by molar-refractivity contribution is 6.19. The molecular formula is C21H28N4O3. The molecule has 28 heavy (non-hydrogen) atoms. The van der Waals surface area contributed by atoms with Gasteiger partial charge in [-0.2, -0.15) is 5.10 Å². The van der Waals surface area contributed by atoms with Gasteiger partial charge >= 0.3 is 0 Å².